The summed E-state index contributed by atoms with van der Waals surface area (Å²) in [6, 6.07) is 9.45. The highest BCUT2D eigenvalue weighted by molar-refractivity contribution is 7.89. The highest BCUT2D eigenvalue weighted by Gasteiger charge is 2.35. The molecular weight excluding hydrogens is 458 g/mol. The fraction of sp³-hybridized carbons (Fsp3) is 0.500. The summed E-state index contributed by atoms with van der Waals surface area (Å²) in [7, 11) is -3.86. The van der Waals surface area contributed by atoms with Crippen LogP contribution in [0.2, 0.25) is 0 Å². The lowest BCUT2D eigenvalue weighted by atomic mass is 9.97. The van der Waals surface area contributed by atoms with Crippen LogP contribution in [0.3, 0.4) is 0 Å². The SMILES string of the molecule is CCC(C)(C)NC(=O)[C@@H](C(C)C)N(Cc1cccs1)C(=O)CNS(=O)(=O)c1ccc(C)cc1. The van der Waals surface area contributed by atoms with Gasteiger partial charge in [0.1, 0.15) is 6.04 Å². The van der Waals surface area contributed by atoms with Crippen LogP contribution in [-0.2, 0) is 26.2 Å². The molecule has 2 N–H and O–H groups in total. The number of hydrogen-bond donors (Lipinski definition) is 2. The van der Waals surface area contributed by atoms with E-state index in [9.17, 15) is 18.0 Å². The van der Waals surface area contributed by atoms with Gasteiger partial charge >= 0.3 is 0 Å². The summed E-state index contributed by atoms with van der Waals surface area (Å²) in [5.41, 5.74) is 0.516. The number of benzene rings is 1. The smallest absolute Gasteiger partial charge is 0.243 e. The number of thiophene rings is 1. The minimum Gasteiger partial charge on any atom is -0.349 e. The maximum absolute atomic E-state index is 13.3. The van der Waals surface area contributed by atoms with Gasteiger partial charge in [-0.3, -0.25) is 9.59 Å². The quantitative estimate of drug-likeness (QED) is 0.499. The molecule has 1 atom stereocenters. The highest BCUT2D eigenvalue weighted by atomic mass is 32.2. The first kappa shape index (κ1) is 27.0. The van der Waals surface area contributed by atoms with Crippen molar-refractivity contribution in [2.24, 2.45) is 5.92 Å². The predicted octanol–water partition coefficient (Wildman–Crippen LogP) is 3.69. The summed E-state index contributed by atoms with van der Waals surface area (Å²) in [6.07, 6.45) is 0.735. The van der Waals surface area contributed by atoms with Gasteiger partial charge in [0.15, 0.2) is 0 Å². The monoisotopic (exact) mass is 493 g/mol. The van der Waals surface area contributed by atoms with Crippen molar-refractivity contribution >= 4 is 33.2 Å². The third-order valence-corrected chi connectivity index (χ3v) is 7.83. The first-order chi connectivity index (χ1) is 15.4. The average Bonchev–Trinajstić information content (AvgIpc) is 3.24. The molecule has 33 heavy (non-hydrogen) atoms. The molecule has 182 valence electrons. The Balaban J connectivity index is 2.28. The van der Waals surface area contributed by atoms with E-state index in [0.717, 1.165) is 16.9 Å². The van der Waals surface area contributed by atoms with Crippen molar-refractivity contribution in [3.05, 3.63) is 52.2 Å². The third-order valence-electron chi connectivity index (χ3n) is 5.55. The third kappa shape index (κ3) is 7.65. The molecule has 1 heterocycles. The van der Waals surface area contributed by atoms with Crippen LogP contribution in [0.1, 0.15) is 51.5 Å². The maximum Gasteiger partial charge on any atom is 0.243 e. The van der Waals surface area contributed by atoms with Gasteiger partial charge in [0.05, 0.1) is 18.0 Å². The first-order valence-electron chi connectivity index (χ1n) is 11.1. The van der Waals surface area contributed by atoms with Gasteiger partial charge in [-0.1, -0.05) is 44.5 Å². The van der Waals surface area contributed by atoms with E-state index in [2.05, 4.69) is 10.0 Å². The molecule has 0 fully saturated rings. The van der Waals surface area contributed by atoms with Crippen LogP contribution in [0.25, 0.3) is 0 Å². The number of nitrogens with one attached hydrogen (secondary N) is 2. The van der Waals surface area contributed by atoms with E-state index in [1.54, 1.807) is 12.1 Å². The predicted molar refractivity (Wildman–Crippen MR) is 132 cm³/mol. The van der Waals surface area contributed by atoms with Crippen molar-refractivity contribution in [2.75, 3.05) is 6.54 Å². The van der Waals surface area contributed by atoms with E-state index in [1.165, 1.54) is 28.4 Å². The van der Waals surface area contributed by atoms with Gasteiger partial charge in [0, 0.05) is 10.4 Å². The average molecular weight is 494 g/mol. The zero-order valence-corrected chi connectivity index (χ0v) is 21.8. The summed E-state index contributed by atoms with van der Waals surface area (Å²) in [5.74, 6) is -0.874. The zero-order valence-electron chi connectivity index (χ0n) is 20.2. The first-order valence-corrected chi connectivity index (χ1v) is 13.4. The number of rotatable bonds is 11. The lowest BCUT2D eigenvalue weighted by molar-refractivity contribution is -0.142. The Morgan fingerprint density at radius 1 is 1.12 bits per heavy atom. The highest BCUT2D eigenvalue weighted by Crippen LogP contribution is 2.20. The van der Waals surface area contributed by atoms with Gasteiger partial charge in [-0.05, 0) is 56.7 Å². The summed E-state index contributed by atoms with van der Waals surface area (Å²) >= 11 is 1.48. The lowest BCUT2D eigenvalue weighted by Gasteiger charge is -2.36. The van der Waals surface area contributed by atoms with Gasteiger partial charge in [0.2, 0.25) is 21.8 Å². The largest absolute Gasteiger partial charge is 0.349 e. The summed E-state index contributed by atoms with van der Waals surface area (Å²) in [4.78, 5) is 29.0. The number of amides is 2. The molecule has 2 rings (SSSR count). The summed E-state index contributed by atoms with van der Waals surface area (Å²) < 4.78 is 27.8. The molecule has 0 aliphatic heterocycles. The number of sulfonamides is 1. The normalized spacial score (nSPS) is 13.1. The fourth-order valence-electron chi connectivity index (χ4n) is 3.27. The Bertz CT molecular complexity index is 1030. The molecule has 0 unspecified atom stereocenters. The number of hydrogen-bond acceptors (Lipinski definition) is 5. The van der Waals surface area contributed by atoms with E-state index in [0.29, 0.717) is 0 Å². The number of nitrogens with zero attached hydrogens (tertiary/aromatic N) is 1. The molecule has 0 saturated carbocycles. The zero-order chi connectivity index (χ0) is 24.8. The maximum atomic E-state index is 13.3. The second-order valence-corrected chi connectivity index (χ2v) is 12.0. The number of carbonyl (C=O) groups is 2. The standard InChI is InChI=1S/C24H35N3O4S2/c1-7-24(5,6)26-23(29)22(17(2)3)27(16-19-9-8-14-32-19)21(28)15-25-33(30,31)20-12-10-18(4)11-13-20/h8-14,17,22,25H,7,15-16H2,1-6H3,(H,26,29)/t22-/m1/s1. The van der Waals surface area contributed by atoms with Crippen molar-refractivity contribution in [2.45, 2.75) is 71.0 Å². The lowest BCUT2D eigenvalue weighted by Crippen LogP contribution is -2.57. The second kappa shape index (κ2) is 11.3. The van der Waals surface area contributed by atoms with E-state index in [4.69, 9.17) is 0 Å². The Kier molecular flexibility index (Phi) is 9.22. The van der Waals surface area contributed by atoms with Crippen LogP contribution >= 0.6 is 11.3 Å². The van der Waals surface area contributed by atoms with Crippen molar-refractivity contribution in [3.63, 3.8) is 0 Å². The molecule has 0 bridgehead atoms. The minimum atomic E-state index is -3.86. The molecule has 0 spiro atoms. The van der Waals surface area contributed by atoms with Crippen molar-refractivity contribution in [1.29, 1.82) is 0 Å². The Labute approximate surface area is 201 Å². The molecule has 9 heteroatoms. The van der Waals surface area contributed by atoms with E-state index >= 15 is 0 Å². The second-order valence-electron chi connectivity index (χ2n) is 9.15. The Morgan fingerprint density at radius 2 is 1.76 bits per heavy atom. The summed E-state index contributed by atoms with van der Waals surface area (Å²) in [5, 5.41) is 4.94. The molecule has 2 amide bonds. The van der Waals surface area contributed by atoms with Crippen molar-refractivity contribution in [3.8, 4) is 0 Å². The van der Waals surface area contributed by atoms with Gasteiger partial charge in [-0.2, -0.15) is 0 Å². The minimum absolute atomic E-state index is 0.0913. The van der Waals surface area contributed by atoms with E-state index in [1.807, 2.05) is 59.1 Å². The van der Waals surface area contributed by atoms with Gasteiger partial charge in [-0.15, -0.1) is 11.3 Å². The molecule has 0 aliphatic rings. The van der Waals surface area contributed by atoms with E-state index < -0.39 is 34.1 Å². The molecule has 2 aromatic rings. The van der Waals surface area contributed by atoms with Crippen molar-refractivity contribution < 1.29 is 18.0 Å². The number of aryl methyl sites for hydroxylation is 1. The Morgan fingerprint density at radius 3 is 2.27 bits per heavy atom. The van der Waals surface area contributed by atoms with Crippen LogP contribution in [0, 0.1) is 12.8 Å². The van der Waals surface area contributed by atoms with Crippen LogP contribution < -0.4 is 10.0 Å². The van der Waals surface area contributed by atoms with Crippen LogP contribution in [0.5, 0.6) is 0 Å². The van der Waals surface area contributed by atoms with Crippen LogP contribution in [0.15, 0.2) is 46.7 Å². The molecule has 0 aliphatic carbocycles. The van der Waals surface area contributed by atoms with E-state index in [-0.39, 0.29) is 23.3 Å². The fourth-order valence-corrected chi connectivity index (χ4v) is 4.95. The van der Waals surface area contributed by atoms with Crippen molar-refractivity contribution in [1.82, 2.24) is 14.9 Å². The molecule has 1 aromatic carbocycles. The Hall–Kier alpha value is -2.23. The van der Waals surface area contributed by atoms with Gasteiger partial charge in [0.25, 0.3) is 0 Å². The molecule has 1 aromatic heterocycles. The summed E-state index contributed by atoms with van der Waals surface area (Å²) in [6.45, 7) is 11.3. The molecule has 7 nitrogen and oxygen atoms in total. The molecule has 0 saturated heterocycles. The van der Waals surface area contributed by atoms with Crippen LogP contribution in [-0.4, -0.2) is 43.3 Å². The number of carbonyl (C=O) groups excluding carboxylic acids is 2. The van der Waals surface area contributed by atoms with Gasteiger partial charge in [-0.25, -0.2) is 13.1 Å². The molecule has 0 radical (unpaired) electrons. The van der Waals surface area contributed by atoms with Gasteiger partial charge < -0.3 is 10.2 Å². The molecular formula is C24H35N3O4S2. The topological polar surface area (TPSA) is 95.6 Å². The van der Waals surface area contributed by atoms with Crippen LogP contribution in [0.4, 0.5) is 0 Å².